The van der Waals surface area contributed by atoms with Gasteiger partial charge in [-0.2, -0.15) is 0 Å². The Morgan fingerprint density at radius 1 is 0.940 bits per heavy atom. The highest BCUT2D eigenvalue weighted by Gasteiger charge is 2.72. The first-order chi connectivity index (χ1) is 24.4. The lowest BCUT2D eigenvalue weighted by Gasteiger charge is -2.38. The highest BCUT2D eigenvalue weighted by atomic mass is 16.5. The number of para-hydroxylation sites is 1. The molecule has 8 rings (SSSR count). The second-order valence-corrected chi connectivity index (χ2v) is 13.1. The van der Waals surface area contributed by atoms with E-state index in [0.717, 1.165) is 11.1 Å². The van der Waals surface area contributed by atoms with E-state index < -0.39 is 35.6 Å². The second kappa shape index (κ2) is 12.8. The molecule has 2 saturated heterocycles. The summed E-state index contributed by atoms with van der Waals surface area (Å²) in [6.07, 6.45) is 6.95. The number of nitrogens with zero attached hydrogens (tertiary/aromatic N) is 6. The maximum atomic E-state index is 15.0. The van der Waals surface area contributed by atoms with Crippen LogP contribution in [0.1, 0.15) is 12.5 Å². The van der Waals surface area contributed by atoms with Crippen molar-refractivity contribution in [2.45, 2.75) is 43.8 Å². The molecule has 6 atom stereocenters. The number of hydrogen-bond donors (Lipinski definition) is 1. The zero-order valence-corrected chi connectivity index (χ0v) is 27.6. The number of fused-ring (bicyclic) bond motifs is 3. The van der Waals surface area contributed by atoms with Crippen molar-refractivity contribution in [3.8, 4) is 5.75 Å². The molecule has 1 unspecified atom stereocenters. The van der Waals surface area contributed by atoms with Gasteiger partial charge in [-0.15, -0.1) is 5.10 Å². The van der Waals surface area contributed by atoms with Crippen molar-refractivity contribution in [3.05, 3.63) is 109 Å². The van der Waals surface area contributed by atoms with Crippen molar-refractivity contribution in [3.63, 3.8) is 0 Å². The molecule has 1 N–H and O–H groups in total. The number of likely N-dealkylation sites (tertiary alicyclic amines) is 1. The molecule has 4 aromatic rings. The number of aromatic nitrogens is 3. The van der Waals surface area contributed by atoms with Gasteiger partial charge in [-0.25, -0.2) is 4.68 Å². The van der Waals surface area contributed by atoms with E-state index in [-0.39, 0.29) is 37.5 Å². The molecular formula is C38H38N6O6. The lowest BCUT2D eigenvalue weighted by molar-refractivity contribution is -0.151. The number of aliphatic hydroxyl groups is 1. The molecule has 3 amide bonds. The summed E-state index contributed by atoms with van der Waals surface area (Å²) in [6, 6.07) is 22.5. The number of aliphatic hydroxyl groups excluding tert-OH is 1. The third kappa shape index (κ3) is 5.17. The lowest BCUT2D eigenvalue weighted by Crippen LogP contribution is -2.58. The molecule has 0 radical (unpaired) electrons. The Morgan fingerprint density at radius 2 is 1.72 bits per heavy atom. The number of ether oxygens (including phenoxy) is 2. The zero-order valence-electron chi connectivity index (χ0n) is 27.6. The second-order valence-electron chi connectivity index (χ2n) is 13.1. The van der Waals surface area contributed by atoms with Crippen LogP contribution in [-0.2, 0) is 32.2 Å². The summed E-state index contributed by atoms with van der Waals surface area (Å²) in [6.45, 7) is 2.66. The number of hydrogen-bond acceptors (Lipinski definition) is 8. The first kappa shape index (κ1) is 31.9. The van der Waals surface area contributed by atoms with Crippen molar-refractivity contribution in [1.29, 1.82) is 0 Å². The van der Waals surface area contributed by atoms with Crippen LogP contribution in [0.25, 0.3) is 11.0 Å². The number of carbonyl (C=O) groups excluding carboxylic acids is 3. The van der Waals surface area contributed by atoms with Crippen molar-refractivity contribution in [1.82, 2.24) is 24.8 Å². The lowest BCUT2D eigenvalue weighted by atomic mass is 9.77. The van der Waals surface area contributed by atoms with E-state index >= 15 is 0 Å². The smallest absolute Gasteiger partial charge is 0.250 e. The number of anilines is 1. The summed E-state index contributed by atoms with van der Waals surface area (Å²) < 4.78 is 14.1. The molecule has 12 nitrogen and oxygen atoms in total. The first-order valence-corrected chi connectivity index (χ1v) is 17.0. The average molecular weight is 675 g/mol. The Hall–Kier alpha value is -5.33. The van der Waals surface area contributed by atoms with Crippen LogP contribution in [0.2, 0.25) is 0 Å². The van der Waals surface area contributed by atoms with E-state index in [1.807, 2.05) is 110 Å². The fraction of sp³-hybridized carbons (Fsp3) is 0.342. The molecule has 256 valence electrons. The van der Waals surface area contributed by atoms with Crippen LogP contribution >= 0.6 is 0 Å². The van der Waals surface area contributed by atoms with E-state index in [2.05, 4.69) is 10.3 Å². The van der Waals surface area contributed by atoms with Crippen LogP contribution in [-0.4, -0.2) is 97.7 Å². The predicted octanol–water partition coefficient (Wildman–Crippen LogP) is 2.97. The summed E-state index contributed by atoms with van der Waals surface area (Å²) in [5, 5.41) is 19.4. The molecule has 12 heteroatoms. The van der Waals surface area contributed by atoms with Crippen LogP contribution < -0.4 is 9.64 Å². The van der Waals surface area contributed by atoms with Gasteiger partial charge in [0.25, 0.3) is 5.91 Å². The van der Waals surface area contributed by atoms with Crippen LogP contribution in [0.3, 0.4) is 0 Å². The topological polar surface area (TPSA) is 130 Å². The fourth-order valence-corrected chi connectivity index (χ4v) is 8.08. The van der Waals surface area contributed by atoms with E-state index in [0.29, 0.717) is 36.5 Å². The highest BCUT2D eigenvalue weighted by Crippen LogP contribution is 2.54. The Balaban J connectivity index is 1.19. The van der Waals surface area contributed by atoms with Crippen molar-refractivity contribution >= 4 is 34.4 Å². The van der Waals surface area contributed by atoms with E-state index in [1.165, 1.54) is 4.90 Å². The number of amides is 3. The minimum atomic E-state index is -1.45. The molecule has 50 heavy (non-hydrogen) atoms. The third-order valence-corrected chi connectivity index (χ3v) is 10.3. The van der Waals surface area contributed by atoms with E-state index in [9.17, 15) is 19.5 Å². The maximum absolute atomic E-state index is 15.0. The van der Waals surface area contributed by atoms with Gasteiger partial charge < -0.3 is 29.3 Å². The van der Waals surface area contributed by atoms with E-state index in [1.54, 1.807) is 14.5 Å². The van der Waals surface area contributed by atoms with Gasteiger partial charge in [0.1, 0.15) is 29.6 Å². The highest BCUT2D eigenvalue weighted by molar-refractivity contribution is 6.04. The molecule has 5 heterocycles. The largest absolute Gasteiger partial charge is 0.494 e. The first-order valence-electron chi connectivity index (χ1n) is 17.0. The molecule has 0 saturated carbocycles. The van der Waals surface area contributed by atoms with Crippen LogP contribution in [0.15, 0.2) is 103 Å². The standard InChI is InChI=1S/C38H38N6O6/c1-2-49-28-17-15-26(16-18-28)42-21-8-14-31-32(35(42)46)33-36(47)44(27(23-45)22-25-10-4-3-5-11-25)34-37(48)41(20-9-19-38(33,34)50-31)24-43-30-13-7-6-12-29(30)39-40-43/h3-19,27,31-34,45H,2,20-24H2,1H3/t27-,31-,32+,33+,34?,38+/m1/s1. The predicted molar refractivity (Wildman–Crippen MR) is 184 cm³/mol. The quantitative estimate of drug-likeness (QED) is 0.269. The average Bonchev–Trinajstić information content (AvgIpc) is 3.70. The van der Waals surface area contributed by atoms with Crippen LogP contribution in [0.4, 0.5) is 5.69 Å². The maximum Gasteiger partial charge on any atom is 0.250 e. The molecule has 0 bridgehead atoms. The number of carbonyl (C=O) groups is 3. The van der Waals surface area contributed by atoms with Crippen molar-refractivity contribution in [2.24, 2.45) is 11.8 Å². The molecule has 0 aliphatic carbocycles. The fourth-order valence-electron chi connectivity index (χ4n) is 8.08. The summed E-state index contributed by atoms with van der Waals surface area (Å²) in [5.41, 5.74) is 1.59. The number of rotatable bonds is 9. The normalized spacial score (nSPS) is 26.5. The van der Waals surface area contributed by atoms with Crippen molar-refractivity contribution < 1.29 is 29.0 Å². The van der Waals surface area contributed by atoms with Gasteiger partial charge >= 0.3 is 0 Å². The Bertz CT molecular complexity index is 1980. The molecule has 4 aliphatic heterocycles. The van der Waals surface area contributed by atoms with Crippen LogP contribution in [0.5, 0.6) is 5.75 Å². The van der Waals surface area contributed by atoms with Gasteiger partial charge in [-0.3, -0.25) is 14.4 Å². The Kier molecular flexibility index (Phi) is 8.20. The Labute approximate surface area is 289 Å². The Morgan fingerprint density at radius 3 is 2.50 bits per heavy atom. The summed E-state index contributed by atoms with van der Waals surface area (Å²) >= 11 is 0. The van der Waals surface area contributed by atoms with Gasteiger partial charge in [0.05, 0.1) is 42.7 Å². The van der Waals surface area contributed by atoms with Gasteiger partial charge in [0.2, 0.25) is 11.8 Å². The molecule has 3 aromatic carbocycles. The molecular weight excluding hydrogens is 636 g/mol. The van der Waals surface area contributed by atoms with Gasteiger partial charge in [-0.1, -0.05) is 72.0 Å². The van der Waals surface area contributed by atoms with Gasteiger partial charge in [0.15, 0.2) is 0 Å². The monoisotopic (exact) mass is 674 g/mol. The third-order valence-electron chi connectivity index (χ3n) is 10.3. The van der Waals surface area contributed by atoms with Crippen LogP contribution in [0, 0.1) is 11.8 Å². The minimum Gasteiger partial charge on any atom is -0.494 e. The SMILES string of the molecule is CCOc1ccc(N2CC=C[C@H]3O[C@]45C=CCN(Cn6nnc7ccccc76)C(=O)C4N([C@@H](CO)Cc4ccccc4)C(=O)[C@@H]5[C@H]3C2=O)cc1. The minimum absolute atomic E-state index is 0.0860. The van der Waals surface area contributed by atoms with Gasteiger partial charge in [-0.05, 0) is 55.3 Å². The molecule has 1 aromatic heterocycles. The van der Waals surface area contributed by atoms with E-state index in [4.69, 9.17) is 9.47 Å². The van der Waals surface area contributed by atoms with Crippen molar-refractivity contribution in [2.75, 3.05) is 31.2 Å². The molecule has 4 aliphatic rings. The van der Waals surface area contributed by atoms with Gasteiger partial charge in [0, 0.05) is 18.8 Å². The molecule has 1 spiro atoms. The summed E-state index contributed by atoms with van der Waals surface area (Å²) in [5.74, 6) is -2.22. The zero-order chi connectivity index (χ0) is 34.4. The number of benzene rings is 3. The summed E-state index contributed by atoms with van der Waals surface area (Å²) in [7, 11) is 0. The summed E-state index contributed by atoms with van der Waals surface area (Å²) in [4.78, 5) is 49.3. The molecule has 2 fully saturated rings.